The van der Waals surface area contributed by atoms with E-state index in [9.17, 15) is 0 Å². The lowest BCUT2D eigenvalue weighted by Crippen LogP contribution is -2.19. The standard InChI is InChI=1S/C16H17Br2N/c1-19-11-14(12-6-4-7-15(17)10-12)9-13-5-2-3-8-16(13)18/h2-8,10,14,19H,9,11H2,1H3. The lowest BCUT2D eigenvalue weighted by molar-refractivity contribution is 0.624. The first kappa shape index (κ1) is 14.8. The summed E-state index contributed by atoms with van der Waals surface area (Å²) in [6.07, 6.45) is 1.03. The minimum absolute atomic E-state index is 0.473. The molecule has 0 aliphatic carbocycles. The first-order valence-corrected chi connectivity index (χ1v) is 7.92. The molecule has 0 bridgehead atoms. The lowest BCUT2D eigenvalue weighted by atomic mass is 9.92. The van der Waals surface area contributed by atoms with Crippen molar-refractivity contribution >= 4 is 31.9 Å². The Hall–Kier alpha value is -0.640. The van der Waals surface area contributed by atoms with Crippen LogP contribution >= 0.6 is 31.9 Å². The number of hydrogen-bond donors (Lipinski definition) is 1. The summed E-state index contributed by atoms with van der Waals surface area (Å²) in [7, 11) is 2.00. The normalized spacial score (nSPS) is 12.4. The second kappa shape index (κ2) is 7.22. The summed E-state index contributed by atoms with van der Waals surface area (Å²) in [6.45, 7) is 0.970. The molecular weight excluding hydrogens is 366 g/mol. The molecule has 0 spiro atoms. The SMILES string of the molecule is CNCC(Cc1ccccc1Br)c1cccc(Br)c1. The third kappa shape index (κ3) is 4.16. The Morgan fingerprint density at radius 1 is 1.05 bits per heavy atom. The maximum Gasteiger partial charge on any atom is 0.0207 e. The molecule has 0 saturated heterocycles. The first-order chi connectivity index (χ1) is 9.20. The summed E-state index contributed by atoms with van der Waals surface area (Å²) in [5.41, 5.74) is 2.71. The van der Waals surface area contributed by atoms with Gasteiger partial charge in [-0.1, -0.05) is 62.2 Å². The second-order valence-corrected chi connectivity index (χ2v) is 6.38. The van der Waals surface area contributed by atoms with Gasteiger partial charge in [0.2, 0.25) is 0 Å². The molecule has 1 atom stereocenters. The van der Waals surface area contributed by atoms with Crippen LogP contribution in [0.1, 0.15) is 17.0 Å². The van der Waals surface area contributed by atoms with Crippen molar-refractivity contribution in [1.29, 1.82) is 0 Å². The fraction of sp³-hybridized carbons (Fsp3) is 0.250. The molecule has 2 aromatic carbocycles. The Bertz CT molecular complexity index is 540. The van der Waals surface area contributed by atoms with Gasteiger partial charge in [-0.3, -0.25) is 0 Å². The van der Waals surface area contributed by atoms with Crippen molar-refractivity contribution < 1.29 is 0 Å². The predicted molar refractivity (Wildman–Crippen MR) is 88.7 cm³/mol. The Morgan fingerprint density at radius 2 is 1.84 bits per heavy atom. The molecule has 0 amide bonds. The van der Waals surface area contributed by atoms with E-state index in [4.69, 9.17) is 0 Å². The molecular formula is C16H17Br2N. The van der Waals surface area contributed by atoms with E-state index in [2.05, 4.69) is 85.7 Å². The highest BCUT2D eigenvalue weighted by atomic mass is 79.9. The smallest absolute Gasteiger partial charge is 0.0207 e. The molecule has 0 radical (unpaired) electrons. The monoisotopic (exact) mass is 381 g/mol. The molecule has 1 N–H and O–H groups in total. The van der Waals surface area contributed by atoms with Gasteiger partial charge in [-0.2, -0.15) is 0 Å². The van der Waals surface area contributed by atoms with Crippen LogP contribution in [0.4, 0.5) is 0 Å². The molecule has 0 heterocycles. The highest BCUT2D eigenvalue weighted by molar-refractivity contribution is 9.10. The highest BCUT2D eigenvalue weighted by Gasteiger charge is 2.13. The average Bonchev–Trinajstić information content (AvgIpc) is 2.40. The van der Waals surface area contributed by atoms with Crippen LogP contribution in [0.2, 0.25) is 0 Å². The van der Waals surface area contributed by atoms with E-state index in [1.54, 1.807) is 0 Å². The van der Waals surface area contributed by atoms with Gasteiger partial charge < -0.3 is 5.32 Å². The Morgan fingerprint density at radius 3 is 2.53 bits per heavy atom. The zero-order chi connectivity index (χ0) is 13.7. The summed E-state index contributed by atoms with van der Waals surface area (Å²) in [5, 5.41) is 3.29. The molecule has 0 aliphatic heterocycles. The first-order valence-electron chi connectivity index (χ1n) is 6.34. The molecule has 100 valence electrons. The predicted octanol–water partition coefficient (Wildman–Crippen LogP) is 4.76. The lowest BCUT2D eigenvalue weighted by Gasteiger charge is -2.18. The van der Waals surface area contributed by atoms with Gasteiger partial charge in [-0.15, -0.1) is 0 Å². The molecule has 0 fully saturated rings. The van der Waals surface area contributed by atoms with Gasteiger partial charge in [0.15, 0.2) is 0 Å². The van der Waals surface area contributed by atoms with Crippen LogP contribution in [0.25, 0.3) is 0 Å². The van der Waals surface area contributed by atoms with Crippen LogP contribution in [0, 0.1) is 0 Å². The van der Waals surface area contributed by atoms with Crippen molar-refractivity contribution in [1.82, 2.24) is 5.32 Å². The molecule has 0 aromatic heterocycles. The fourth-order valence-electron chi connectivity index (χ4n) is 2.24. The molecule has 0 aliphatic rings. The third-order valence-electron chi connectivity index (χ3n) is 3.19. The van der Waals surface area contributed by atoms with Crippen LogP contribution in [-0.4, -0.2) is 13.6 Å². The van der Waals surface area contributed by atoms with E-state index in [0.29, 0.717) is 5.92 Å². The summed E-state index contributed by atoms with van der Waals surface area (Å²) < 4.78 is 2.32. The number of likely N-dealkylation sites (N-methyl/N-ethyl adjacent to an activating group) is 1. The molecule has 1 unspecified atom stereocenters. The van der Waals surface area contributed by atoms with Crippen LogP contribution in [0.15, 0.2) is 57.5 Å². The van der Waals surface area contributed by atoms with Gasteiger partial charge in [-0.05, 0) is 42.8 Å². The van der Waals surface area contributed by atoms with Gasteiger partial charge in [0.05, 0.1) is 0 Å². The summed E-state index contributed by atoms with van der Waals surface area (Å²) in [6, 6.07) is 17.0. The van der Waals surface area contributed by atoms with Crippen LogP contribution in [-0.2, 0) is 6.42 Å². The van der Waals surface area contributed by atoms with E-state index in [-0.39, 0.29) is 0 Å². The summed E-state index contributed by atoms with van der Waals surface area (Å²) in [4.78, 5) is 0. The maximum absolute atomic E-state index is 3.63. The minimum Gasteiger partial charge on any atom is -0.319 e. The maximum atomic E-state index is 3.63. The zero-order valence-corrected chi connectivity index (χ0v) is 14.0. The van der Waals surface area contributed by atoms with Crippen LogP contribution in [0.5, 0.6) is 0 Å². The highest BCUT2D eigenvalue weighted by Crippen LogP contribution is 2.26. The number of nitrogens with one attached hydrogen (secondary N) is 1. The third-order valence-corrected chi connectivity index (χ3v) is 4.46. The van der Waals surface area contributed by atoms with Crippen molar-refractivity contribution in [2.75, 3.05) is 13.6 Å². The molecule has 2 rings (SSSR count). The van der Waals surface area contributed by atoms with E-state index in [1.807, 2.05) is 7.05 Å². The zero-order valence-electron chi connectivity index (χ0n) is 10.9. The topological polar surface area (TPSA) is 12.0 Å². The summed E-state index contributed by atoms with van der Waals surface area (Å²) in [5.74, 6) is 0.473. The van der Waals surface area contributed by atoms with Crippen LogP contribution < -0.4 is 5.32 Å². The molecule has 3 heteroatoms. The van der Waals surface area contributed by atoms with Gasteiger partial charge in [0, 0.05) is 21.4 Å². The Balaban J connectivity index is 2.24. The molecule has 2 aromatic rings. The van der Waals surface area contributed by atoms with E-state index < -0.39 is 0 Å². The van der Waals surface area contributed by atoms with E-state index >= 15 is 0 Å². The van der Waals surface area contributed by atoms with E-state index in [0.717, 1.165) is 17.4 Å². The van der Waals surface area contributed by atoms with Crippen LogP contribution in [0.3, 0.4) is 0 Å². The van der Waals surface area contributed by atoms with Crippen molar-refractivity contribution in [3.8, 4) is 0 Å². The van der Waals surface area contributed by atoms with Gasteiger partial charge >= 0.3 is 0 Å². The van der Waals surface area contributed by atoms with Gasteiger partial charge in [0.25, 0.3) is 0 Å². The number of hydrogen-bond acceptors (Lipinski definition) is 1. The minimum atomic E-state index is 0.473. The van der Waals surface area contributed by atoms with Crippen molar-refractivity contribution in [2.45, 2.75) is 12.3 Å². The van der Waals surface area contributed by atoms with E-state index in [1.165, 1.54) is 15.6 Å². The number of rotatable bonds is 5. The largest absolute Gasteiger partial charge is 0.319 e. The fourth-order valence-corrected chi connectivity index (χ4v) is 3.11. The Labute approximate surface area is 131 Å². The quantitative estimate of drug-likeness (QED) is 0.786. The molecule has 0 saturated carbocycles. The van der Waals surface area contributed by atoms with Crippen molar-refractivity contribution in [3.05, 3.63) is 68.6 Å². The van der Waals surface area contributed by atoms with Gasteiger partial charge in [0.1, 0.15) is 0 Å². The van der Waals surface area contributed by atoms with Crippen molar-refractivity contribution in [2.24, 2.45) is 0 Å². The molecule has 19 heavy (non-hydrogen) atoms. The number of halogens is 2. The van der Waals surface area contributed by atoms with Gasteiger partial charge in [-0.25, -0.2) is 0 Å². The molecule has 1 nitrogen and oxygen atoms in total. The Kier molecular flexibility index (Phi) is 5.61. The van der Waals surface area contributed by atoms with Crippen molar-refractivity contribution in [3.63, 3.8) is 0 Å². The summed E-state index contributed by atoms with van der Waals surface area (Å²) >= 11 is 7.19. The average molecular weight is 383 g/mol. The second-order valence-electron chi connectivity index (χ2n) is 4.61. The number of benzene rings is 2.